The number of fused-ring (bicyclic) bond motifs is 1. The maximum absolute atomic E-state index is 12.8. The van der Waals surface area contributed by atoms with Gasteiger partial charge in [-0.15, -0.1) is 0 Å². The second-order valence-electron chi connectivity index (χ2n) is 6.32. The van der Waals surface area contributed by atoms with Crippen LogP contribution < -0.4 is 4.90 Å². The lowest BCUT2D eigenvalue weighted by atomic mass is 9.63. The first-order valence-corrected chi connectivity index (χ1v) is 7.96. The van der Waals surface area contributed by atoms with Crippen LogP contribution in [0.4, 0.5) is 5.69 Å². The smallest absolute Gasteiger partial charge is 0.337 e. The number of benzene rings is 1. The van der Waals surface area contributed by atoms with E-state index in [9.17, 15) is 19.5 Å². The molecule has 23 heavy (non-hydrogen) atoms. The molecule has 4 atom stereocenters. The zero-order valence-electron chi connectivity index (χ0n) is 12.1. The van der Waals surface area contributed by atoms with Gasteiger partial charge in [0.05, 0.1) is 28.1 Å². The number of amides is 2. The minimum atomic E-state index is -1.19. The highest BCUT2D eigenvalue weighted by atomic mass is 35.5. The maximum Gasteiger partial charge on any atom is 0.337 e. The average molecular weight is 332 g/mol. The van der Waals surface area contributed by atoms with Gasteiger partial charge in [-0.3, -0.25) is 9.59 Å². The fourth-order valence-electron chi connectivity index (χ4n) is 4.14. The molecule has 2 amide bonds. The number of carbonyl (C=O) groups is 3. The van der Waals surface area contributed by atoms with E-state index in [4.69, 9.17) is 11.6 Å². The summed E-state index contributed by atoms with van der Waals surface area (Å²) in [5.41, 5.74) is 0.177. The van der Waals surface area contributed by atoms with Crippen molar-refractivity contribution in [1.29, 1.82) is 0 Å². The number of anilines is 1. The zero-order chi connectivity index (χ0) is 16.3. The lowest BCUT2D eigenvalue weighted by Gasteiger charge is -2.38. The Morgan fingerprint density at radius 3 is 2.13 bits per heavy atom. The highest BCUT2D eigenvalue weighted by molar-refractivity contribution is 6.34. The van der Waals surface area contributed by atoms with Gasteiger partial charge in [0.1, 0.15) is 0 Å². The Morgan fingerprint density at radius 1 is 1.09 bits per heavy atom. The largest absolute Gasteiger partial charge is 0.478 e. The number of aromatic carboxylic acids is 1. The molecule has 118 valence electrons. The normalized spacial score (nSPS) is 31.6. The van der Waals surface area contributed by atoms with E-state index in [1.165, 1.54) is 18.2 Å². The quantitative estimate of drug-likeness (QED) is 0.668. The molecule has 6 heteroatoms. The Morgan fingerprint density at radius 2 is 1.65 bits per heavy atom. The second-order valence-corrected chi connectivity index (χ2v) is 6.73. The van der Waals surface area contributed by atoms with Crippen molar-refractivity contribution in [2.75, 3.05) is 4.90 Å². The summed E-state index contributed by atoms with van der Waals surface area (Å²) >= 11 is 5.87. The molecular weight excluding hydrogens is 318 g/mol. The number of hydrogen-bond donors (Lipinski definition) is 1. The van der Waals surface area contributed by atoms with Gasteiger partial charge in [-0.2, -0.15) is 0 Å². The van der Waals surface area contributed by atoms with Crippen LogP contribution in [0.25, 0.3) is 0 Å². The molecule has 1 N–H and O–H groups in total. The van der Waals surface area contributed by atoms with Gasteiger partial charge >= 0.3 is 5.97 Å². The highest BCUT2D eigenvalue weighted by Gasteiger charge is 2.56. The van der Waals surface area contributed by atoms with E-state index in [0.717, 1.165) is 17.7 Å². The molecule has 0 spiro atoms. The van der Waals surface area contributed by atoms with Gasteiger partial charge in [0, 0.05) is 0 Å². The topological polar surface area (TPSA) is 74.7 Å². The molecule has 1 saturated heterocycles. The third kappa shape index (κ3) is 1.96. The second kappa shape index (κ2) is 4.93. The van der Waals surface area contributed by atoms with Crippen LogP contribution in [0.5, 0.6) is 0 Å². The summed E-state index contributed by atoms with van der Waals surface area (Å²) in [5.74, 6) is -2.04. The van der Waals surface area contributed by atoms with E-state index in [2.05, 4.69) is 12.2 Å². The fourth-order valence-corrected chi connectivity index (χ4v) is 4.34. The first kappa shape index (κ1) is 14.5. The summed E-state index contributed by atoms with van der Waals surface area (Å²) in [6.07, 6.45) is 5.95. The molecule has 1 aromatic rings. The van der Waals surface area contributed by atoms with Gasteiger partial charge in [-0.1, -0.05) is 23.8 Å². The average Bonchev–Trinajstić information content (AvgIpc) is 2.83. The number of halogens is 1. The molecule has 0 radical (unpaired) electrons. The standard InChI is InChI=1S/C17H14ClNO4/c18-12-6-5-10(7-11(12)17(22)23)19-15(20)13-8-1-2-9(4-3-8)14(13)16(19)21/h1-2,5-9,13-14H,3-4H2,(H,22,23)/t8-,9-,13-,14-/m1/s1. The molecule has 5 rings (SSSR count). The van der Waals surface area contributed by atoms with Crippen molar-refractivity contribution in [2.24, 2.45) is 23.7 Å². The van der Waals surface area contributed by atoms with Crippen LogP contribution in [-0.2, 0) is 9.59 Å². The number of nitrogens with zero attached hydrogens (tertiary/aromatic N) is 1. The molecule has 2 fully saturated rings. The molecule has 0 aromatic heterocycles. The van der Waals surface area contributed by atoms with Gasteiger partial charge in [-0.25, -0.2) is 9.69 Å². The van der Waals surface area contributed by atoms with Gasteiger partial charge in [0.2, 0.25) is 11.8 Å². The molecule has 0 unspecified atom stereocenters. The third-order valence-corrected chi connectivity index (χ3v) is 5.53. The van der Waals surface area contributed by atoms with Crippen LogP contribution in [0.15, 0.2) is 30.4 Å². The number of imide groups is 1. The minimum Gasteiger partial charge on any atom is -0.478 e. The van der Waals surface area contributed by atoms with Gasteiger partial charge in [0.25, 0.3) is 0 Å². The van der Waals surface area contributed by atoms with E-state index in [-0.39, 0.29) is 51.8 Å². The summed E-state index contributed by atoms with van der Waals surface area (Å²) in [4.78, 5) is 38.0. The predicted octanol–water partition coefficient (Wildman–Crippen LogP) is 2.74. The van der Waals surface area contributed by atoms with Crippen LogP contribution in [0.1, 0.15) is 23.2 Å². The van der Waals surface area contributed by atoms with E-state index < -0.39 is 5.97 Å². The molecule has 1 saturated carbocycles. The molecule has 5 nitrogen and oxygen atoms in total. The van der Waals surface area contributed by atoms with Crippen LogP contribution in [0.2, 0.25) is 5.02 Å². The predicted molar refractivity (Wildman–Crippen MR) is 83.2 cm³/mol. The van der Waals surface area contributed by atoms with Gasteiger partial charge in [-0.05, 0) is 42.9 Å². The van der Waals surface area contributed by atoms with Crippen molar-refractivity contribution in [3.63, 3.8) is 0 Å². The Kier molecular flexibility index (Phi) is 3.10. The number of allylic oxidation sites excluding steroid dienone is 2. The summed E-state index contributed by atoms with van der Waals surface area (Å²) < 4.78 is 0. The lowest BCUT2D eigenvalue weighted by Crippen LogP contribution is -2.38. The molecule has 1 aliphatic heterocycles. The lowest BCUT2D eigenvalue weighted by molar-refractivity contribution is -0.124. The molecular formula is C17H14ClNO4. The van der Waals surface area contributed by atoms with E-state index >= 15 is 0 Å². The minimum absolute atomic E-state index is 0.0829. The maximum atomic E-state index is 12.8. The van der Waals surface area contributed by atoms with Crippen LogP contribution in [0, 0.1) is 23.7 Å². The number of carboxylic acid groups (broad SMARTS) is 1. The fraction of sp³-hybridized carbons (Fsp3) is 0.353. The van der Waals surface area contributed by atoms with E-state index in [1.807, 2.05) is 0 Å². The SMILES string of the molecule is O=C(O)c1cc(N2C(=O)[C@H]3[C@H](C2=O)[C@@H]2C=C[C@@H]3CC2)ccc1Cl. The molecule has 1 heterocycles. The number of carboxylic acids is 1. The van der Waals surface area contributed by atoms with Crippen molar-refractivity contribution in [1.82, 2.24) is 0 Å². The first-order valence-electron chi connectivity index (χ1n) is 7.58. The molecule has 1 aromatic carbocycles. The van der Waals surface area contributed by atoms with E-state index in [0.29, 0.717) is 0 Å². The monoisotopic (exact) mass is 331 g/mol. The first-order chi connectivity index (χ1) is 11.0. The molecule has 2 bridgehead atoms. The van der Waals surface area contributed by atoms with Crippen molar-refractivity contribution < 1.29 is 19.5 Å². The summed E-state index contributed by atoms with van der Waals surface area (Å²) in [6.45, 7) is 0. The van der Waals surface area contributed by atoms with Gasteiger partial charge in [0.15, 0.2) is 0 Å². The number of hydrogen-bond acceptors (Lipinski definition) is 3. The Balaban J connectivity index is 1.76. The van der Waals surface area contributed by atoms with E-state index in [1.54, 1.807) is 0 Å². The highest BCUT2D eigenvalue weighted by Crippen LogP contribution is 2.50. The Labute approximate surface area is 137 Å². The van der Waals surface area contributed by atoms with Gasteiger partial charge < -0.3 is 5.11 Å². The zero-order valence-corrected chi connectivity index (χ0v) is 12.9. The summed E-state index contributed by atoms with van der Waals surface area (Å²) in [6, 6.07) is 4.24. The number of rotatable bonds is 2. The summed E-state index contributed by atoms with van der Waals surface area (Å²) in [5, 5.41) is 9.27. The third-order valence-electron chi connectivity index (χ3n) is 5.20. The van der Waals surface area contributed by atoms with Crippen molar-refractivity contribution in [3.8, 4) is 0 Å². The molecule has 4 aliphatic rings. The number of carbonyl (C=O) groups excluding carboxylic acids is 2. The Bertz CT molecular complexity index is 740. The van der Waals surface area contributed by atoms with Crippen molar-refractivity contribution in [2.45, 2.75) is 12.8 Å². The van der Waals surface area contributed by atoms with Crippen LogP contribution in [-0.4, -0.2) is 22.9 Å². The molecule has 3 aliphatic carbocycles. The van der Waals surface area contributed by atoms with Crippen LogP contribution >= 0.6 is 11.6 Å². The van der Waals surface area contributed by atoms with Crippen LogP contribution in [0.3, 0.4) is 0 Å². The Hall–Kier alpha value is -2.14. The summed E-state index contributed by atoms with van der Waals surface area (Å²) in [7, 11) is 0. The van der Waals surface area contributed by atoms with Crippen molar-refractivity contribution in [3.05, 3.63) is 40.9 Å². The van der Waals surface area contributed by atoms with Crippen molar-refractivity contribution >= 4 is 35.1 Å².